The van der Waals surface area contributed by atoms with Crippen LogP contribution in [0.2, 0.25) is 0 Å². The Balaban J connectivity index is 2.08. The molecule has 1 atom stereocenters. The molecule has 1 heterocycles. The van der Waals surface area contributed by atoms with Gasteiger partial charge in [0.1, 0.15) is 6.04 Å². The van der Waals surface area contributed by atoms with Crippen molar-refractivity contribution >= 4 is 5.97 Å². The highest BCUT2D eigenvalue weighted by Gasteiger charge is 2.17. The summed E-state index contributed by atoms with van der Waals surface area (Å²) in [6, 6.07) is 9.10. The first-order chi connectivity index (χ1) is 9.08. The first-order valence-electron chi connectivity index (χ1n) is 5.97. The number of hydrogen-bond acceptors (Lipinski definition) is 4. The molecular formula is C13H16N4O2. The molecule has 0 fully saturated rings. The number of aromatic nitrogens is 3. The smallest absolute Gasteiger partial charge is 0.320 e. The Kier molecular flexibility index (Phi) is 3.91. The first-order valence-corrected chi connectivity index (χ1v) is 5.97. The Morgan fingerprint density at radius 2 is 2.11 bits per heavy atom. The van der Waals surface area contributed by atoms with Crippen LogP contribution in [-0.4, -0.2) is 44.1 Å². The number of hydrogen-bond donors (Lipinski definition) is 1. The summed E-state index contributed by atoms with van der Waals surface area (Å²) < 4.78 is 1.68. The Labute approximate surface area is 111 Å². The van der Waals surface area contributed by atoms with E-state index >= 15 is 0 Å². The summed E-state index contributed by atoms with van der Waals surface area (Å²) >= 11 is 0. The fourth-order valence-corrected chi connectivity index (χ4v) is 1.66. The molecule has 0 aliphatic carbocycles. The molecule has 6 heteroatoms. The van der Waals surface area contributed by atoms with Crippen molar-refractivity contribution in [3.05, 3.63) is 42.2 Å². The van der Waals surface area contributed by atoms with Crippen molar-refractivity contribution in [3.8, 4) is 5.69 Å². The van der Waals surface area contributed by atoms with Crippen molar-refractivity contribution in [1.82, 2.24) is 19.9 Å². The van der Waals surface area contributed by atoms with Crippen LogP contribution in [0.5, 0.6) is 0 Å². The maximum absolute atomic E-state index is 10.9. The zero-order valence-corrected chi connectivity index (χ0v) is 10.9. The molecule has 0 saturated heterocycles. The van der Waals surface area contributed by atoms with Gasteiger partial charge in [0.15, 0.2) is 0 Å². The summed E-state index contributed by atoms with van der Waals surface area (Å²) in [7, 11) is 1.75. The topological polar surface area (TPSA) is 71.2 Å². The lowest BCUT2D eigenvalue weighted by Gasteiger charge is -2.19. The first kappa shape index (κ1) is 13.2. The van der Waals surface area contributed by atoms with Gasteiger partial charge in [-0.25, -0.2) is 4.68 Å². The molecule has 1 aromatic heterocycles. The van der Waals surface area contributed by atoms with Crippen molar-refractivity contribution < 1.29 is 9.90 Å². The Morgan fingerprint density at radius 1 is 1.42 bits per heavy atom. The van der Waals surface area contributed by atoms with E-state index in [2.05, 4.69) is 10.3 Å². The molecule has 1 unspecified atom stereocenters. The van der Waals surface area contributed by atoms with Gasteiger partial charge in [0, 0.05) is 6.54 Å². The minimum atomic E-state index is -0.849. The predicted molar refractivity (Wildman–Crippen MR) is 69.9 cm³/mol. The van der Waals surface area contributed by atoms with Crippen molar-refractivity contribution in [2.45, 2.75) is 19.5 Å². The van der Waals surface area contributed by atoms with Crippen LogP contribution in [0.3, 0.4) is 0 Å². The van der Waals surface area contributed by atoms with Gasteiger partial charge in [0.05, 0.1) is 17.6 Å². The molecule has 1 aromatic carbocycles. The number of carboxylic acids is 1. The molecule has 0 aliphatic heterocycles. The normalized spacial score (nSPS) is 12.6. The summed E-state index contributed by atoms with van der Waals surface area (Å²) in [5.41, 5.74) is 1.66. The van der Waals surface area contributed by atoms with Crippen LogP contribution in [0.1, 0.15) is 12.6 Å². The minimum absolute atomic E-state index is 0.445. The monoisotopic (exact) mass is 260 g/mol. The molecule has 0 bridgehead atoms. The number of para-hydroxylation sites is 1. The van der Waals surface area contributed by atoms with E-state index in [1.54, 1.807) is 29.7 Å². The van der Waals surface area contributed by atoms with Crippen LogP contribution in [-0.2, 0) is 11.3 Å². The number of nitrogens with zero attached hydrogens (tertiary/aromatic N) is 4. The molecule has 100 valence electrons. The average molecular weight is 260 g/mol. The van der Waals surface area contributed by atoms with Gasteiger partial charge in [0.25, 0.3) is 0 Å². The predicted octanol–water partition coefficient (Wildman–Crippen LogP) is 1.17. The lowest BCUT2D eigenvalue weighted by Crippen LogP contribution is -2.35. The molecule has 0 amide bonds. The summed E-state index contributed by atoms with van der Waals surface area (Å²) in [5, 5.41) is 17.0. The molecule has 1 N–H and O–H groups in total. The second-order valence-corrected chi connectivity index (χ2v) is 4.42. The summed E-state index contributed by atoms with van der Waals surface area (Å²) in [4.78, 5) is 12.6. The average Bonchev–Trinajstić information content (AvgIpc) is 2.87. The molecule has 6 nitrogen and oxygen atoms in total. The summed E-state index contributed by atoms with van der Waals surface area (Å²) in [5.74, 6) is -0.849. The van der Waals surface area contributed by atoms with Crippen molar-refractivity contribution in [2.75, 3.05) is 7.05 Å². The summed E-state index contributed by atoms with van der Waals surface area (Å²) in [6.45, 7) is 2.09. The Bertz CT molecular complexity index is 553. The van der Waals surface area contributed by atoms with Gasteiger partial charge in [0.2, 0.25) is 0 Å². The van der Waals surface area contributed by atoms with E-state index in [-0.39, 0.29) is 0 Å². The lowest BCUT2D eigenvalue weighted by molar-refractivity contribution is -0.142. The van der Waals surface area contributed by atoms with E-state index < -0.39 is 12.0 Å². The number of carboxylic acid groups (broad SMARTS) is 1. The van der Waals surface area contributed by atoms with Crippen molar-refractivity contribution in [1.29, 1.82) is 0 Å². The van der Waals surface area contributed by atoms with E-state index in [0.717, 1.165) is 11.4 Å². The third-order valence-electron chi connectivity index (χ3n) is 2.99. The van der Waals surface area contributed by atoms with Gasteiger partial charge in [-0.2, -0.15) is 0 Å². The Morgan fingerprint density at radius 3 is 2.74 bits per heavy atom. The molecule has 0 saturated carbocycles. The van der Waals surface area contributed by atoms with Crippen LogP contribution < -0.4 is 0 Å². The molecule has 2 rings (SSSR count). The van der Waals surface area contributed by atoms with Crippen molar-refractivity contribution in [2.24, 2.45) is 0 Å². The zero-order chi connectivity index (χ0) is 13.8. The highest BCUT2D eigenvalue weighted by atomic mass is 16.4. The van der Waals surface area contributed by atoms with Gasteiger partial charge >= 0.3 is 5.97 Å². The van der Waals surface area contributed by atoms with Crippen LogP contribution in [0, 0.1) is 0 Å². The standard InChI is InChI=1S/C13H16N4O2/c1-10(13(18)19)16(2)8-11-9-17(15-14-11)12-6-4-3-5-7-12/h3-7,9-10H,8H2,1-2H3,(H,18,19). The number of benzene rings is 1. The molecule has 2 aromatic rings. The fraction of sp³-hybridized carbons (Fsp3) is 0.308. The highest BCUT2D eigenvalue weighted by Crippen LogP contribution is 2.08. The Hall–Kier alpha value is -2.21. The molecule has 0 aliphatic rings. The van der Waals surface area contributed by atoms with Crippen LogP contribution in [0.4, 0.5) is 0 Å². The maximum atomic E-state index is 10.9. The van der Waals surface area contributed by atoms with E-state index in [1.165, 1.54) is 0 Å². The van der Waals surface area contributed by atoms with E-state index in [0.29, 0.717) is 6.54 Å². The maximum Gasteiger partial charge on any atom is 0.320 e. The molecule has 0 spiro atoms. The van der Waals surface area contributed by atoms with Crippen molar-refractivity contribution in [3.63, 3.8) is 0 Å². The highest BCUT2D eigenvalue weighted by molar-refractivity contribution is 5.72. The quantitative estimate of drug-likeness (QED) is 0.873. The lowest BCUT2D eigenvalue weighted by atomic mass is 10.3. The van der Waals surface area contributed by atoms with Gasteiger partial charge in [-0.05, 0) is 26.1 Å². The van der Waals surface area contributed by atoms with E-state index in [9.17, 15) is 4.79 Å². The van der Waals surface area contributed by atoms with Gasteiger partial charge in [-0.1, -0.05) is 23.4 Å². The largest absolute Gasteiger partial charge is 0.480 e. The number of aliphatic carboxylic acids is 1. The third-order valence-corrected chi connectivity index (χ3v) is 2.99. The second kappa shape index (κ2) is 5.62. The molecular weight excluding hydrogens is 244 g/mol. The van der Waals surface area contributed by atoms with Gasteiger partial charge in [-0.15, -0.1) is 5.10 Å². The minimum Gasteiger partial charge on any atom is -0.480 e. The molecule has 19 heavy (non-hydrogen) atoms. The van der Waals surface area contributed by atoms with E-state index in [4.69, 9.17) is 5.11 Å². The fourth-order valence-electron chi connectivity index (χ4n) is 1.66. The number of likely N-dealkylation sites (N-methyl/N-ethyl adjacent to an activating group) is 1. The van der Waals surface area contributed by atoms with Crippen LogP contribution in [0.15, 0.2) is 36.5 Å². The van der Waals surface area contributed by atoms with E-state index in [1.807, 2.05) is 30.3 Å². The van der Waals surface area contributed by atoms with Crippen LogP contribution in [0.25, 0.3) is 5.69 Å². The number of rotatable bonds is 5. The van der Waals surface area contributed by atoms with Gasteiger partial charge < -0.3 is 5.11 Å². The second-order valence-electron chi connectivity index (χ2n) is 4.42. The van der Waals surface area contributed by atoms with Gasteiger partial charge in [-0.3, -0.25) is 9.69 Å². The molecule has 0 radical (unpaired) electrons. The zero-order valence-electron chi connectivity index (χ0n) is 10.9. The SMILES string of the molecule is CC(C(=O)O)N(C)Cc1cn(-c2ccccc2)nn1. The number of carbonyl (C=O) groups is 1. The van der Waals surface area contributed by atoms with Crippen LogP contribution >= 0.6 is 0 Å². The third kappa shape index (κ3) is 3.17. The summed E-state index contributed by atoms with van der Waals surface area (Å²) in [6.07, 6.45) is 1.81.